The number of hydrogen-bond donors (Lipinski definition) is 1. The third-order valence-corrected chi connectivity index (χ3v) is 6.80. The molecule has 1 aromatic carbocycles. The van der Waals surface area contributed by atoms with Crippen LogP contribution in [0.3, 0.4) is 0 Å². The smallest absolute Gasteiger partial charge is 0.221 e. The Morgan fingerprint density at radius 2 is 2.04 bits per heavy atom. The first kappa shape index (κ1) is 19.3. The molecule has 1 N–H and O–H groups in total. The predicted molar refractivity (Wildman–Crippen MR) is 114 cm³/mol. The van der Waals surface area contributed by atoms with Crippen LogP contribution in [0.4, 0.5) is 5.00 Å². The topological polar surface area (TPSA) is 45.2 Å². The highest BCUT2D eigenvalue weighted by Gasteiger charge is 2.28. The van der Waals surface area contributed by atoms with E-state index in [0.717, 1.165) is 40.6 Å². The van der Waals surface area contributed by atoms with Crippen molar-refractivity contribution < 1.29 is 4.79 Å². The number of carbonyl (C=O) groups excluding carboxylic acids is 1. The SMILES string of the molecule is CC(=O)Nc1sc2c(c1-c1nc3ccccc3s1)CCN(C(C)C)C2.Cl. The zero-order valence-electron chi connectivity index (χ0n) is 15.0. The van der Waals surface area contributed by atoms with E-state index < -0.39 is 0 Å². The summed E-state index contributed by atoms with van der Waals surface area (Å²) in [4.78, 5) is 20.4. The van der Waals surface area contributed by atoms with Gasteiger partial charge in [0.1, 0.15) is 10.0 Å². The number of carbonyl (C=O) groups is 1. The van der Waals surface area contributed by atoms with Gasteiger partial charge in [-0.05, 0) is 38.0 Å². The minimum absolute atomic E-state index is 0. The third-order valence-electron chi connectivity index (χ3n) is 4.61. The van der Waals surface area contributed by atoms with E-state index >= 15 is 0 Å². The maximum atomic E-state index is 11.7. The van der Waals surface area contributed by atoms with Gasteiger partial charge >= 0.3 is 0 Å². The molecule has 0 atom stereocenters. The summed E-state index contributed by atoms with van der Waals surface area (Å²) in [6.45, 7) is 8.05. The summed E-state index contributed by atoms with van der Waals surface area (Å²) in [5.41, 5.74) is 3.53. The molecule has 4 rings (SSSR count). The van der Waals surface area contributed by atoms with Crippen molar-refractivity contribution >= 4 is 56.2 Å². The van der Waals surface area contributed by atoms with Crippen LogP contribution in [0.5, 0.6) is 0 Å². The van der Waals surface area contributed by atoms with E-state index in [1.54, 1.807) is 29.6 Å². The lowest BCUT2D eigenvalue weighted by molar-refractivity contribution is -0.114. The first-order valence-electron chi connectivity index (χ1n) is 8.55. The highest BCUT2D eigenvalue weighted by Crippen LogP contribution is 2.45. The highest BCUT2D eigenvalue weighted by molar-refractivity contribution is 7.22. The number of amides is 1. The molecule has 0 bridgehead atoms. The van der Waals surface area contributed by atoms with Gasteiger partial charge in [0.2, 0.25) is 5.91 Å². The number of para-hydroxylation sites is 1. The number of aromatic nitrogens is 1. The fourth-order valence-corrected chi connectivity index (χ4v) is 5.75. The molecule has 3 aromatic rings. The molecule has 0 saturated carbocycles. The molecule has 7 heteroatoms. The lowest BCUT2D eigenvalue weighted by atomic mass is 10.0. The summed E-state index contributed by atoms with van der Waals surface area (Å²) in [5.74, 6) is -0.0262. The number of nitrogens with one attached hydrogen (secondary N) is 1. The maximum absolute atomic E-state index is 11.7. The summed E-state index contributed by atoms with van der Waals surface area (Å²) in [7, 11) is 0. The van der Waals surface area contributed by atoms with Gasteiger partial charge < -0.3 is 5.32 Å². The average Bonchev–Trinajstić information content (AvgIpc) is 3.13. The Bertz CT molecular complexity index is 915. The number of nitrogens with zero attached hydrogens (tertiary/aromatic N) is 2. The number of rotatable bonds is 3. The normalized spacial score (nSPS) is 14.3. The van der Waals surface area contributed by atoms with Crippen molar-refractivity contribution in [1.29, 1.82) is 0 Å². The number of thiazole rings is 1. The van der Waals surface area contributed by atoms with Crippen LogP contribution in [-0.4, -0.2) is 28.4 Å². The lowest BCUT2D eigenvalue weighted by Gasteiger charge is -2.30. The summed E-state index contributed by atoms with van der Waals surface area (Å²) in [5, 5.41) is 5.01. The van der Waals surface area contributed by atoms with Gasteiger partial charge in [-0.25, -0.2) is 4.98 Å². The van der Waals surface area contributed by atoms with E-state index in [4.69, 9.17) is 4.98 Å². The largest absolute Gasteiger partial charge is 0.317 e. The van der Waals surface area contributed by atoms with Crippen LogP contribution in [0, 0.1) is 0 Å². The van der Waals surface area contributed by atoms with Crippen molar-refractivity contribution in [1.82, 2.24) is 9.88 Å². The molecule has 1 amide bonds. The monoisotopic (exact) mass is 407 g/mol. The number of thiophene rings is 1. The molecule has 3 heterocycles. The van der Waals surface area contributed by atoms with Gasteiger partial charge in [-0.2, -0.15) is 0 Å². The van der Waals surface area contributed by atoms with Crippen LogP contribution in [0.2, 0.25) is 0 Å². The average molecular weight is 408 g/mol. The van der Waals surface area contributed by atoms with Crippen molar-refractivity contribution in [2.24, 2.45) is 0 Å². The molecule has 0 fully saturated rings. The molecular formula is C19H22ClN3OS2. The molecule has 0 aliphatic carbocycles. The first-order chi connectivity index (χ1) is 12.0. The second-order valence-electron chi connectivity index (χ2n) is 6.69. The molecule has 1 aliphatic rings. The van der Waals surface area contributed by atoms with Crippen molar-refractivity contribution in [3.8, 4) is 10.6 Å². The van der Waals surface area contributed by atoms with Gasteiger partial charge in [-0.1, -0.05) is 12.1 Å². The number of anilines is 1. The molecule has 26 heavy (non-hydrogen) atoms. The fraction of sp³-hybridized carbons (Fsp3) is 0.368. The molecule has 0 unspecified atom stereocenters. The molecule has 0 spiro atoms. The minimum Gasteiger partial charge on any atom is -0.317 e. The Hall–Kier alpha value is -1.47. The Balaban J connectivity index is 0.00000196. The number of halogens is 1. The van der Waals surface area contributed by atoms with E-state index in [1.165, 1.54) is 15.1 Å². The van der Waals surface area contributed by atoms with Crippen LogP contribution < -0.4 is 5.32 Å². The van der Waals surface area contributed by atoms with Crippen LogP contribution in [-0.2, 0) is 17.8 Å². The number of fused-ring (bicyclic) bond motifs is 2. The first-order valence-corrected chi connectivity index (χ1v) is 10.2. The standard InChI is InChI=1S/C19H21N3OS2.ClH/c1-11(2)22-9-8-13-16(10-22)25-18(20-12(3)23)17(13)19-21-14-6-4-5-7-15(14)24-19;/h4-7,11H,8-10H2,1-3H3,(H,20,23);1H. The van der Waals surface area contributed by atoms with Crippen LogP contribution >= 0.6 is 35.1 Å². The molecule has 0 saturated heterocycles. The Morgan fingerprint density at radius 3 is 2.73 bits per heavy atom. The quantitative estimate of drug-likeness (QED) is 0.651. The minimum atomic E-state index is -0.0262. The van der Waals surface area contributed by atoms with E-state index in [2.05, 4.69) is 30.1 Å². The van der Waals surface area contributed by atoms with Gasteiger partial charge in [0.05, 0.1) is 10.2 Å². The zero-order chi connectivity index (χ0) is 17.6. The molecule has 0 radical (unpaired) electrons. The summed E-state index contributed by atoms with van der Waals surface area (Å²) in [6.07, 6.45) is 1.01. The number of benzene rings is 1. The molecule has 1 aliphatic heterocycles. The summed E-state index contributed by atoms with van der Waals surface area (Å²) >= 11 is 3.42. The van der Waals surface area contributed by atoms with E-state index in [9.17, 15) is 4.79 Å². The van der Waals surface area contributed by atoms with E-state index in [1.807, 2.05) is 18.2 Å². The van der Waals surface area contributed by atoms with Gasteiger partial charge in [0.25, 0.3) is 0 Å². The summed E-state index contributed by atoms with van der Waals surface area (Å²) in [6, 6.07) is 8.75. The predicted octanol–water partition coefficient (Wildman–Crippen LogP) is 5.17. The van der Waals surface area contributed by atoms with Crippen molar-refractivity contribution in [2.75, 3.05) is 11.9 Å². The number of hydrogen-bond acceptors (Lipinski definition) is 5. The molecule has 138 valence electrons. The maximum Gasteiger partial charge on any atom is 0.221 e. The van der Waals surface area contributed by atoms with Gasteiger partial charge in [0, 0.05) is 36.5 Å². The van der Waals surface area contributed by atoms with E-state index in [0.29, 0.717) is 6.04 Å². The second kappa shape index (κ2) is 7.64. The fourth-order valence-electron chi connectivity index (χ4n) is 3.32. The zero-order valence-corrected chi connectivity index (χ0v) is 17.5. The Labute approximate surface area is 167 Å². The molecule has 2 aromatic heterocycles. The summed E-state index contributed by atoms with van der Waals surface area (Å²) < 4.78 is 1.19. The van der Waals surface area contributed by atoms with Crippen LogP contribution in [0.1, 0.15) is 31.2 Å². The second-order valence-corrected chi connectivity index (χ2v) is 8.83. The third kappa shape index (κ3) is 3.51. The van der Waals surface area contributed by atoms with Crippen molar-refractivity contribution in [3.05, 3.63) is 34.7 Å². The van der Waals surface area contributed by atoms with Gasteiger partial charge in [0.15, 0.2) is 0 Å². The van der Waals surface area contributed by atoms with Crippen molar-refractivity contribution in [3.63, 3.8) is 0 Å². The van der Waals surface area contributed by atoms with Gasteiger partial charge in [-0.15, -0.1) is 35.1 Å². The van der Waals surface area contributed by atoms with Crippen LogP contribution in [0.25, 0.3) is 20.8 Å². The lowest BCUT2D eigenvalue weighted by Crippen LogP contribution is -2.35. The Morgan fingerprint density at radius 1 is 1.27 bits per heavy atom. The molecular weight excluding hydrogens is 386 g/mol. The Kier molecular flexibility index (Phi) is 5.67. The van der Waals surface area contributed by atoms with Crippen molar-refractivity contribution in [2.45, 2.75) is 39.8 Å². The van der Waals surface area contributed by atoms with Crippen LogP contribution in [0.15, 0.2) is 24.3 Å². The molecule has 4 nitrogen and oxygen atoms in total. The highest BCUT2D eigenvalue weighted by atomic mass is 35.5. The van der Waals surface area contributed by atoms with Gasteiger partial charge in [-0.3, -0.25) is 9.69 Å². The van der Waals surface area contributed by atoms with E-state index in [-0.39, 0.29) is 18.3 Å².